The zero-order valence-electron chi connectivity index (χ0n) is 10.5. The van der Waals surface area contributed by atoms with Gasteiger partial charge in [-0.2, -0.15) is 0 Å². The van der Waals surface area contributed by atoms with Crippen LogP contribution in [0.3, 0.4) is 0 Å². The van der Waals surface area contributed by atoms with E-state index in [-0.39, 0.29) is 18.0 Å². The highest BCUT2D eigenvalue weighted by Crippen LogP contribution is 2.19. The number of carbonyl (C=O) groups excluding carboxylic acids is 2. The molecule has 100 valence electrons. The summed E-state index contributed by atoms with van der Waals surface area (Å²) < 4.78 is 10.1. The predicted molar refractivity (Wildman–Crippen MR) is 67.0 cm³/mol. The summed E-state index contributed by atoms with van der Waals surface area (Å²) >= 11 is 0. The van der Waals surface area contributed by atoms with Gasteiger partial charge in [0.05, 0.1) is 6.67 Å². The molecule has 0 saturated carbocycles. The minimum Gasteiger partial charge on any atom is -0.441 e. The Morgan fingerprint density at radius 1 is 1.37 bits per heavy atom. The molecule has 1 aromatic carbocycles. The molecule has 1 aliphatic rings. The number of esters is 2. The van der Waals surface area contributed by atoms with Crippen LogP contribution in [-0.4, -0.2) is 30.2 Å². The van der Waals surface area contributed by atoms with Crippen LogP contribution < -0.4 is 10.1 Å². The fraction of sp³-hybridized carbons (Fsp3) is 0.231. The lowest BCUT2D eigenvalue weighted by Crippen LogP contribution is -2.25. The van der Waals surface area contributed by atoms with E-state index in [0.29, 0.717) is 6.67 Å². The molecule has 2 rings (SSSR count). The van der Waals surface area contributed by atoms with Crippen LogP contribution in [0.15, 0.2) is 36.7 Å². The Balaban J connectivity index is 2.01. The van der Waals surface area contributed by atoms with E-state index < -0.39 is 11.9 Å². The van der Waals surface area contributed by atoms with Crippen LogP contribution in [0.25, 0.3) is 0 Å². The maximum atomic E-state index is 11.9. The van der Waals surface area contributed by atoms with E-state index in [1.165, 1.54) is 6.92 Å². The molecular weight excluding hydrogens is 248 g/mol. The number of hydrogen-bond acceptors (Lipinski definition) is 6. The second kappa shape index (κ2) is 5.90. The number of para-hydroxylation sites is 1. The van der Waals surface area contributed by atoms with Gasteiger partial charge >= 0.3 is 11.9 Å². The Bertz CT molecular complexity index is 513. The molecule has 0 aromatic heterocycles. The highest BCUT2D eigenvalue weighted by atomic mass is 16.6. The van der Waals surface area contributed by atoms with Crippen molar-refractivity contribution in [1.29, 1.82) is 0 Å². The highest BCUT2D eigenvalue weighted by molar-refractivity contribution is 5.93. The molecule has 6 nitrogen and oxygen atoms in total. The third-order valence-electron chi connectivity index (χ3n) is 2.42. The molecule has 0 amide bonds. The van der Waals surface area contributed by atoms with Crippen LogP contribution in [0.4, 0.5) is 0 Å². The number of rotatable bonds is 4. The topological polar surface area (TPSA) is 67.9 Å². The summed E-state index contributed by atoms with van der Waals surface area (Å²) in [5.74, 6) is -0.806. The van der Waals surface area contributed by atoms with E-state index in [0.717, 1.165) is 0 Å². The molecular formula is C13H14N2O4. The molecule has 0 spiro atoms. The van der Waals surface area contributed by atoms with E-state index >= 15 is 0 Å². The molecule has 1 heterocycles. The quantitative estimate of drug-likeness (QED) is 0.646. The van der Waals surface area contributed by atoms with Crippen molar-refractivity contribution in [2.45, 2.75) is 6.92 Å². The average Bonchev–Trinajstić information content (AvgIpc) is 2.89. The van der Waals surface area contributed by atoms with Gasteiger partial charge in [0.25, 0.3) is 0 Å². The molecule has 1 aromatic rings. The van der Waals surface area contributed by atoms with Gasteiger partial charge in [0.15, 0.2) is 6.73 Å². The van der Waals surface area contributed by atoms with Gasteiger partial charge in [0.1, 0.15) is 11.3 Å². The molecule has 0 unspecified atom stereocenters. The third-order valence-corrected chi connectivity index (χ3v) is 2.42. The van der Waals surface area contributed by atoms with Crippen molar-refractivity contribution in [3.63, 3.8) is 0 Å². The van der Waals surface area contributed by atoms with Crippen LogP contribution in [0, 0.1) is 0 Å². The van der Waals surface area contributed by atoms with E-state index in [4.69, 9.17) is 9.47 Å². The lowest BCUT2D eigenvalue weighted by atomic mass is 10.2. The summed E-state index contributed by atoms with van der Waals surface area (Å²) in [6.45, 7) is 2.01. The molecule has 0 radical (unpaired) electrons. The maximum absolute atomic E-state index is 11.9. The first-order valence-corrected chi connectivity index (χ1v) is 5.75. The van der Waals surface area contributed by atoms with Gasteiger partial charge in [-0.25, -0.2) is 4.79 Å². The molecule has 1 N–H and O–H groups in total. The number of nitrogens with one attached hydrogen (secondary N) is 1. The Hall–Kier alpha value is -2.50. The van der Waals surface area contributed by atoms with Crippen molar-refractivity contribution < 1.29 is 19.1 Å². The first-order chi connectivity index (χ1) is 9.16. The molecule has 0 saturated heterocycles. The fourth-order valence-corrected chi connectivity index (χ4v) is 1.57. The molecule has 0 atom stereocenters. The molecule has 1 aliphatic heterocycles. The number of ether oxygens (including phenoxy) is 2. The van der Waals surface area contributed by atoms with Crippen LogP contribution in [0.5, 0.6) is 5.75 Å². The van der Waals surface area contributed by atoms with Gasteiger partial charge in [0.2, 0.25) is 0 Å². The average molecular weight is 262 g/mol. The van der Waals surface area contributed by atoms with Gasteiger partial charge in [-0.3, -0.25) is 4.79 Å². The van der Waals surface area contributed by atoms with Gasteiger partial charge in [-0.05, 0) is 12.1 Å². The van der Waals surface area contributed by atoms with Crippen LogP contribution >= 0.6 is 0 Å². The molecule has 0 bridgehead atoms. The molecule has 6 heteroatoms. The summed E-state index contributed by atoms with van der Waals surface area (Å²) in [6.07, 6.45) is 3.55. The van der Waals surface area contributed by atoms with Crippen molar-refractivity contribution >= 4 is 11.9 Å². The smallest absolute Gasteiger partial charge is 0.343 e. The van der Waals surface area contributed by atoms with Crippen molar-refractivity contribution in [3.8, 4) is 5.75 Å². The van der Waals surface area contributed by atoms with Crippen LogP contribution in [-0.2, 0) is 9.53 Å². The first-order valence-electron chi connectivity index (χ1n) is 5.75. The zero-order chi connectivity index (χ0) is 13.7. The summed E-state index contributed by atoms with van der Waals surface area (Å²) in [5, 5.41) is 2.96. The zero-order valence-corrected chi connectivity index (χ0v) is 10.5. The second-order valence-corrected chi connectivity index (χ2v) is 3.92. The normalized spacial score (nSPS) is 13.0. The standard InChI is InChI=1S/C13H14N2O4/c1-10(16)19-12-5-3-2-4-11(12)13(17)18-9-15-7-6-14-8-15/h2-7,14H,8-9H2,1H3. The summed E-state index contributed by atoms with van der Waals surface area (Å²) in [4.78, 5) is 24.7. The largest absolute Gasteiger partial charge is 0.441 e. The fourth-order valence-electron chi connectivity index (χ4n) is 1.57. The maximum Gasteiger partial charge on any atom is 0.343 e. The Labute approximate surface area is 110 Å². The van der Waals surface area contributed by atoms with E-state index in [1.54, 1.807) is 41.6 Å². The minimum absolute atomic E-state index is 0.136. The van der Waals surface area contributed by atoms with Crippen LogP contribution in [0.2, 0.25) is 0 Å². The molecule has 0 fully saturated rings. The van der Waals surface area contributed by atoms with Crippen molar-refractivity contribution in [2.75, 3.05) is 13.4 Å². The monoisotopic (exact) mass is 262 g/mol. The summed E-state index contributed by atoms with van der Waals surface area (Å²) in [5.41, 5.74) is 0.230. The Morgan fingerprint density at radius 3 is 2.84 bits per heavy atom. The van der Waals surface area contributed by atoms with Gasteiger partial charge < -0.3 is 19.7 Å². The SMILES string of the molecule is CC(=O)Oc1ccccc1C(=O)OCN1C=CNC1. The molecule has 19 heavy (non-hydrogen) atoms. The van der Waals surface area contributed by atoms with E-state index in [1.807, 2.05) is 0 Å². The molecule has 0 aliphatic carbocycles. The predicted octanol–water partition coefficient (Wildman–Crippen LogP) is 1.06. The van der Waals surface area contributed by atoms with Gasteiger partial charge in [0, 0.05) is 19.3 Å². The summed E-state index contributed by atoms with van der Waals surface area (Å²) in [6, 6.07) is 6.47. The lowest BCUT2D eigenvalue weighted by Gasteiger charge is -2.15. The van der Waals surface area contributed by atoms with Crippen molar-refractivity contribution in [2.24, 2.45) is 0 Å². The van der Waals surface area contributed by atoms with Crippen molar-refractivity contribution in [1.82, 2.24) is 10.2 Å². The summed E-state index contributed by atoms with van der Waals surface area (Å²) in [7, 11) is 0. The number of carbonyl (C=O) groups is 2. The minimum atomic E-state index is -0.530. The number of hydrogen-bond donors (Lipinski definition) is 1. The van der Waals surface area contributed by atoms with Crippen LogP contribution in [0.1, 0.15) is 17.3 Å². The highest BCUT2D eigenvalue weighted by Gasteiger charge is 2.16. The third kappa shape index (κ3) is 3.48. The second-order valence-electron chi connectivity index (χ2n) is 3.92. The van der Waals surface area contributed by atoms with Crippen molar-refractivity contribution in [3.05, 3.63) is 42.2 Å². The van der Waals surface area contributed by atoms with Gasteiger partial charge in [-0.1, -0.05) is 12.1 Å². The Morgan fingerprint density at radius 2 is 2.16 bits per heavy atom. The Kier molecular flexibility index (Phi) is 4.02. The lowest BCUT2D eigenvalue weighted by molar-refractivity contribution is -0.131. The number of nitrogens with zero attached hydrogens (tertiary/aromatic N) is 1. The van der Waals surface area contributed by atoms with Gasteiger partial charge in [-0.15, -0.1) is 0 Å². The van der Waals surface area contributed by atoms with E-state index in [9.17, 15) is 9.59 Å². The van der Waals surface area contributed by atoms with E-state index in [2.05, 4.69) is 5.32 Å². The number of benzene rings is 1. The first kappa shape index (κ1) is 12.9.